The fourth-order valence-electron chi connectivity index (χ4n) is 2.89. The number of anilines is 1. The minimum atomic E-state index is -3.52. The highest BCUT2D eigenvalue weighted by Gasteiger charge is 2.24. The van der Waals surface area contributed by atoms with E-state index in [1.165, 1.54) is 10.5 Å². The van der Waals surface area contributed by atoms with Gasteiger partial charge in [-0.05, 0) is 5.56 Å². The number of carboxylic acids is 1. The number of hydrogen-bond acceptors (Lipinski definition) is 7. The highest BCUT2D eigenvalue weighted by Crippen LogP contribution is 2.20. The molecule has 0 bridgehead atoms. The fourth-order valence-corrected chi connectivity index (χ4v) is 3.62. The molecule has 0 atom stereocenters. The van der Waals surface area contributed by atoms with Crippen molar-refractivity contribution in [2.75, 3.05) is 37.5 Å². The van der Waals surface area contributed by atoms with Crippen LogP contribution in [0.2, 0.25) is 0 Å². The minimum Gasteiger partial charge on any atom is -0.477 e. The predicted octanol–water partition coefficient (Wildman–Crippen LogP) is 0.973. The van der Waals surface area contributed by atoms with Gasteiger partial charge in [0.15, 0.2) is 0 Å². The van der Waals surface area contributed by atoms with Gasteiger partial charge in [-0.1, -0.05) is 30.3 Å². The summed E-state index contributed by atoms with van der Waals surface area (Å²) < 4.78 is 31.1. The predicted molar refractivity (Wildman–Crippen MR) is 103 cm³/mol. The Labute approximate surface area is 163 Å². The Bertz CT molecular complexity index is 930. The molecular formula is C18H22N4O5S. The number of aromatic carboxylic acids is 1. The van der Waals surface area contributed by atoms with Crippen molar-refractivity contribution in [2.24, 2.45) is 0 Å². The molecule has 1 N–H and O–H groups in total. The molecule has 1 aromatic heterocycles. The Balaban J connectivity index is 1.89. The van der Waals surface area contributed by atoms with Gasteiger partial charge < -0.3 is 14.7 Å². The van der Waals surface area contributed by atoms with Crippen LogP contribution in [0.1, 0.15) is 21.7 Å². The maximum Gasteiger partial charge on any atom is 0.341 e. The molecule has 0 spiro atoms. The van der Waals surface area contributed by atoms with Crippen LogP contribution in [0.15, 0.2) is 36.5 Å². The van der Waals surface area contributed by atoms with E-state index in [4.69, 9.17) is 4.74 Å². The Morgan fingerprint density at radius 2 is 1.89 bits per heavy atom. The van der Waals surface area contributed by atoms with Crippen LogP contribution in [0.3, 0.4) is 0 Å². The number of aromatic nitrogens is 2. The first-order valence-corrected chi connectivity index (χ1v) is 10.6. The van der Waals surface area contributed by atoms with Crippen molar-refractivity contribution in [3.8, 4) is 0 Å². The van der Waals surface area contributed by atoms with Crippen molar-refractivity contribution in [2.45, 2.75) is 13.1 Å². The average molecular weight is 406 g/mol. The number of hydrogen-bond donors (Lipinski definition) is 1. The Morgan fingerprint density at radius 1 is 1.21 bits per heavy atom. The molecule has 150 valence electrons. The lowest BCUT2D eigenvalue weighted by Gasteiger charge is -2.29. The summed E-state index contributed by atoms with van der Waals surface area (Å²) in [6, 6.07) is 9.21. The molecule has 1 aromatic carbocycles. The van der Waals surface area contributed by atoms with Crippen molar-refractivity contribution in [1.82, 2.24) is 14.3 Å². The van der Waals surface area contributed by atoms with E-state index in [-0.39, 0.29) is 30.3 Å². The molecule has 0 amide bonds. The van der Waals surface area contributed by atoms with Crippen LogP contribution in [-0.4, -0.2) is 66.3 Å². The zero-order chi connectivity index (χ0) is 20.1. The third-order valence-electron chi connectivity index (χ3n) is 4.35. The van der Waals surface area contributed by atoms with Crippen LogP contribution in [-0.2, 0) is 27.8 Å². The van der Waals surface area contributed by atoms with E-state index in [0.717, 1.165) is 11.8 Å². The molecule has 0 unspecified atom stereocenters. The highest BCUT2D eigenvalue weighted by molar-refractivity contribution is 7.88. The summed E-state index contributed by atoms with van der Waals surface area (Å²) in [5.41, 5.74) is 0.822. The van der Waals surface area contributed by atoms with E-state index in [1.54, 1.807) is 0 Å². The number of benzene rings is 1. The summed E-state index contributed by atoms with van der Waals surface area (Å²) in [6.07, 6.45) is 2.36. The second-order valence-corrected chi connectivity index (χ2v) is 8.43. The van der Waals surface area contributed by atoms with Gasteiger partial charge in [-0.15, -0.1) is 0 Å². The molecule has 10 heteroatoms. The number of ether oxygens (including phenoxy) is 1. The molecule has 1 aliphatic rings. The number of carbonyl (C=O) groups is 1. The topological polar surface area (TPSA) is 113 Å². The zero-order valence-electron chi connectivity index (χ0n) is 15.5. The molecule has 0 aliphatic carbocycles. The van der Waals surface area contributed by atoms with Crippen molar-refractivity contribution in [3.05, 3.63) is 53.5 Å². The highest BCUT2D eigenvalue weighted by atomic mass is 32.2. The second kappa shape index (κ2) is 8.63. The van der Waals surface area contributed by atoms with Crippen LogP contribution in [0, 0.1) is 0 Å². The third-order valence-corrected chi connectivity index (χ3v) is 5.54. The number of nitrogens with zero attached hydrogens (tertiary/aromatic N) is 4. The first-order chi connectivity index (χ1) is 13.3. The first kappa shape index (κ1) is 20.2. The van der Waals surface area contributed by atoms with Gasteiger partial charge in [0.2, 0.25) is 10.0 Å². The van der Waals surface area contributed by atoms with Crippen molar-refractivity contribution >= 4 is 21.8 Å². The molecule has 0 saturated carbocycles. The van der Waals surface area contributed by atoms with Gasteiger partial charge in [0.1, 0.15) is 17.2 Å². The lowest BCUT2D eigenvalue weighted by Crippen LogP contribution is -2.38. The summed E-state index contributed by atoms with van der Waals surface area (Å²) in [5, 5.41) is 9.45. The minimum absolute atomic E-state index is 0.0142. The van der Waals surface area contributed by atoms with Crippen LogP contribution in [0.4, 0.5) is 5.82 Å². The van der Waals surface area contributed by atoms with Crippen molar-refractivity contribution in [3.63, 3.8) is 0 Å². The number of rotatable bonds is 7. The summed E-state index contributed by atoms with van der Waals surface area (Å²) >= 11 is 0. The summed E-state index contributed by atoms with van der Waals surface area (Å²) in [5.74, 6) is -0.598. The first-order valence-electron chi connectivity index (χ1n) is 8.75. The molecule has 2 heterocycles. The van der Waals surface area contributed by atoms with Crippen molar-refractivity contribution < 1.29 is 23.1 Å². The largest absolute Gasteiger partial charge is 0.477 e. The van der Waals surface area contributed by atoms with Gasteiger partial charge in [-0.25, -0.2) is 23.2 Å². The van der Waals surface area contributed by atoms with E-state index in [1.807, 2.05) is 35.2 Å². The zero-order valence-corrected chi connectivity index (χ0v) is 16.3. The Morgan fingerprint density at radius 3 is 2.50 bits per heavy atom. The van der Waals surface area contributed by atoms with E-state index in [0.29, 0.717) is 26.3 Å². The smallest absolute Gasteiger partial charge is 0.341 e. The van der Waals surface area contributed by atoms with Crippen LogP contribution >= 0.6 is 0 Å². The van der Waals surface area contributed by atoms with Gasteiger partial charge in [0.25, 0.3) is 0 Å². The SMILES string of the molecule is CS(=O)(=O)N(Cc1ccccc1)Cc1ncc(C(=O)O)c(N2CCOCC2)n1. The van der Waals surface area contributed by atoms with Gasteiger partial charge in [0.05, 0.1) is 26.0 Å². The van der Waals surface area contributed by atoms with Gasteiger partial charge in [-0.3, -0.25) is 0 Å². The quantitative estimate of drug-likeness (QED) is 0.724. The molecule has 9 nitrogen and oxygen atoms in total. The maximum atomic E-state index is 12.3. The number of morpholine rings is 1. The standard InChI is InChI=1S/C18H22N4O5S/c1-28(25,26)22(12-14-5-3-2-4-6-14)13-16-19-11-15(18(23)24)17(20-16)21-7-9-27-10-8-21/h2-6,11H,7-10,12-13H2,1H3,(H,23,24). The monoisotopic (exact) mass is 406 g/mol. The van der Waals surface area contributed by atoms with E-state index >= 15 is 0 Å². The maximum absolute atomic E-state index is 12.3. The molecule has 1 aliphatic heterocycles. The molecule has 1 saturated heterocycles. The second-order valence-electron chi connectivity index (χ2n) is 6.44. The Kier molecular flexibility index (Phi) is 6.22. The van der Waals surface area contributed by atoms with Crippen LogP contribution < -0.4 is 4.90 Å². The van der Waals surface area contributed by atoms with E-state index < -0.39 is 16.0 Å². The van der Waals surface area contributed by atoms with Gasteiger partial charge >= 0.3 is 5.97 Å². The molecular weight excluding hydrogens is 384 g/mol. The fraction of sp³-hybridized carbons (Fsp3) is 0.389. The normalized spacial score (nSPS) is 15.0. The van der Waals surface area contributed by atoms with E-state index in [2.05, 4.69) is 9.97 Å². The summed E-state index contributed by atoms with van der Waals surface area (Å²) in [7, 11) is -3.52. The molecule has 0 radical (unpaired) electrons. The molecule has 3 rings (SSSR count). The Hall–Kier alpha value is -2.56. The lowest BCUT2D eigenvalue weighted by molar-refractivity contribution is 0.0695. The van der Waals surface area contributed by atoms with Crippen molar-refractivity contribution in [1.29, 1.82) is 0 Å². The summed E-state index contributed by atoms with van der Waals surface area (Å²) in [4.78, 5) is 21.9. The number of sulfonamides is 1. The van der Waals surface area contributed by atoms with Gasteiger partial charge in [-0.2, -0.15) is 4.31 Å². The summed E-state index contributed by atoms with van der Waals surface area (Å²) in [6.45, 7) is 2.10. The van der Waals surface area contributed by atoms with Crippen LogP contribution in [0.5, 0.6) is 0 Å². The molecule has 28 heavy (non-hydrogen) atoms. The van der Waals surface area contributed by atoms with E-state index in [9.17, 15) is 18.3 Å². The lowest BCUT2D eigenvalue weighted by atomic mass is 10.2. The molecule has 2 aromatic rings. The van der Waals surface area contributed by atoms with Crippen LogP contribution in [0.25, 0.3) is 0 Å². The molecule has 1 fully saturated rings. The number of carboxylic acid groups (broad SMARTS) is 1. The average Bonchev–Trinajstić information content (AvgIpc) is 2.68. The van der Waals surface area contributed by atoms with Gasteiger partial charge in [0, 0.05) is 25.8 Å². The third kappa shape index (κ3) is 5.03.